The molecule has 0 radical (unpaired) electrons. The monoisotopic (exact) mass is 303 g/mol. The number of hydrogen-bond acceptors (Lipinski definition) is 3. The number of thiophene rings is 1. The molecule has 0 aliphatic carbocycles. The van der Waals surface area contributed by atoms with Crippen LogP contribution in [0.5, 0.6) is 0 Å². The maximum Gasteiger partial charge on any atom is 0.228 e. The third kappa shape index (κ3) is 3.53. The Morgan fingerprint density at radius 2 is 2.33 bits per heavy atom. The van der Waals surface area contributed by atoms with E-state index in [-0.39, 0.29) is 11.9 Å². The molecule has 5 heteroatoms. The van der Waals surface area contributed by atoms with Gasteiger partial charge in [0, 0.05) is 28.7 Å². The normalized spacial score (nSPS) is 18.9. The molecule has 4 nitrogen and oxygen atoms in total. The van der Waals surface area contributed by atoms with Gasteiger partial charge in [0.2, 0.25) is 5.91 Å². The number of rotatable bonds is 4. The van der Waals surface area contributed by atoms with Crippen molar-refractivity contribution in [2.24, 2.45) is 0 Å². The fourth-order valence-electron chi connectivity index (χ4n) is 2.97. The Hall–Kier alpha value is -1.62. The molecule has 1 amide bonds. The number of aromatic nitrogens is 2. The average molecular weight is 303 g/mol. The van der Waals surface area contributed by atoms with Crippen LogP contribution in [0.1, 0.15) is 29.0 Å². The molecule has 3 rings (SSSR count). The molecule has 1 saturated heterocycles. The molecule has 21 heavy (non-hydrogen) atoms. The summed E-state index contributed by atoms with van der Waals surface area (Å²) in [5, 5.41) is 4.27. The fourth-order valence-corrected chi connectivity index (χ4v) is 3.86. The van der Waals surface area contributed by atoms with Crippen LogP contribution >= 0.6 is 11.3 Å². The summed E-state index contributed by atoms with van der Waals surface area (Å²) >= 11 is 1.72. The number of carbonyl (C=O) groups is 1. The molecule has 112 valence electrons. The lowest BCUT2D eigenvalue weighted by atomic mass is 10.0. The molecule has 0 spiro atoms. The quantitative estimate of drug-likeness (QED) is 0.871. The van der Waals surface area contributed by atoms with Crippen LogP contribution in [-0.2, 0) is 17.8 Å². The molecule has 0 saturated carbocycles. The van der Waals surface area contributed by atoms with E-state index in [1.54, 1.807) is 17.5 Å². The fraction of sp³-hybridized carbons (Fsp3) is 0.500. The van der Waals surface area contributed by atoms with Crippen molar-refractivity contribution < 1.29 is 4.79 Å². The molecule has 0 N–H and O–H groups in total. The minimum absolute atomic E-state index is 0.258. The SMILES string of the molecule is Cc1ccc(CC(=O)N2CCCC[C@H]2Cn2cccn2)s1. The Morgan fingerprint density at radius 1 is 1.43 bits per heavy atom. The van der Waals surface area contributed by atoms with Crippen molar-refractivity contribution in [1.29, 1.82) is 0 Å². The first-order valence-corrected chi connectivity index (χ1v) is 8.36. The second kappa shape index (κ2) is 6.43. The maximum atomic E-state index is 12.6. The highest BCUT2D eigenvalue weighted by atomic mass is 32.1. The van der Waals surface area contributed by atoms with Crippen molar-refractivity contribution in [3.8, 4) is 0 Å². The van der Waals surface area contributed by atoms with Gasteiger partial charge in [0.05, 0.1) is 19.0 Å². The zero-order valence-electron chi connectivity index (χ0n) is 12.4. The number of amides is 1. The maximum absolute atomic E-state index is 12.6. The molecule has 0 aromatic carbocycles. The summed E-state index contributed by atoms with van der Waals surface area (Å²) in [5.41, 5.74) is 0. The Kier molecular flexibility index (Phi) is 4.39. The van der Waals surface area contributed by atoms with Crippen LogP contribution in [0.3, 0.4) is 0 Å². The van der Waals surface area contributed by atoms with E-state index in [1.807, 2.05) is 16.9 Å². The van der Waals surface area contributed by atoms with Crippen molar-refractivity contribution in [3.63, 3.8) is 0 Å². The van der Waals surface area contributed by atoms with Gasteiger partial charge in [-0.1, -0.05) is 0 Å². The van der Waals surface area contributed by atoms with Crippen LogP contribution in [0.15, 0.2) is 30.6 Å². The Morgan fingerprint density at radius 3 is 3.05 bits per heavy atom. The van der Waals surface area contributed by atoms with Crippen molar-refractivity contribution in [2.45, 2.75) is 45.2 Å². The lowest BCUT2D eigenvalue weighted by Crippen LogP contribution is -2.46. The van der Waals surface area contributed by atoms with Crippen LogP contribution in [0.2, 0.25) is 0 Å². The first-order valence-electron chi connectivity index (χ1n) is 7.54. The van der Waals surface area contributed by atoms with Gasteiger partial charge >= 0.3 is 0 Å². The molecule has 0 unspecified atom stereocenters. The van der Waals surface area contributed by atoms with Crippen LogP contribution < -0.4 is 0 Å². The number of aryl methyl sites for hydroxylation is 1. The smallest absolute Gasteiger partial charge is 0.228 e. The number of piperidine rings is 1. The highest BCUT2D eigenvalue weighted by Gasteiger charge is 2.27. The molecule has 1 aliphatic heterocycles. The first-order chi connectivity index (χ1) is 10.2. The van der Waals surface area contributed by atoms with Gasteiger partial charge < -0.3 is 4.90 Å². The van der Waals surface area contributed by atoms with Crippen molar-refractivity contribution in [3.05, 3.63) is 40.3 Å². The van der Waals surface area contributed by atoms with Gasteiger partial charge in [-0.3, -0.25) is 9.48 Å². The summed E-state index contributed by atoms with van der Waals surface area (Å²) in [6.45, 7) is 3.78. The molecule has 2 aromatic heterocycles. The second-order valence-corrected chi connectivity index (χ2v) is 7.03. The molecule has 1 fully saturated rings. The number of likely N-dealkylation sites (tertiary alicyclic amines) is 1. The topological polar surface area (TPSA) is 38.1 Å². The molecule has 3 heterocycles. The van der Waals surface area contributed by atoms with E-state index in [0.717, 1.165) is 25.9 Å². The van der Waals surface area contributed by atoms with E-state index in [2.05, 4.69) is 29.1 Å². The summed E-state index contributed by atoms with van der Waals surface area (Å²) in [6.07, 6.45) is 7.70. The standard InChI is InChI=1S/C16H21N3OS/c1-13-6-7-15(21-13)11-16(20)19-10-3-2-5-14(19)12-18-9-4-8-17-18/h4,6-9,14H,2-3,5,10-12H2,1H3/t14-/m0/s1. The van der Waals surface area contributed by atoms with Crippen LogP contribution in [0.25, 0.3) is 0 Å². The molecular formula is C16H21N3OS. The van der Waals surface area contributed by atoms with Crippen molar-refractivity contribution in [2.75, 3.05) is 6.54 Å². The Balaban J connectivity index is 1.66. The van der Waals surface area contributed by atoms with Crippen molar-refractivity contribution in [1.82, 2.24) is 14.7 Å². The zero-order chi connectivity index (χ0) is 14.7. The van der Waals surface area contributed by atoms with E-state index in [4.69, 9.17) is 0 Å². The van der Waals surface area contributed by atoms with Crippen LogP contribution in [0.4, 0.5) is 0 Å². The van der Waals surface area contributed by atoms with Gasteiger partial charge in [-0.2, -0.15) is 5.10 Å². The Labute approximate surface area is 129 Å². The van der Waals surface area contributed by atoms with Gasteiger partial charge in [0.15, 0.2) is 0 Å². The number of carbonyl (C=O) groups excluding carboxylic acids is 1. The zero-order valence-corrected chi connectivity index (χ0v) is 13.2. The van der Waals surface area contributed by atoms with E-state index >= 15 is 0 Å². The van der Waals surface area contributed by atoms with Gasteiger partial charge in [0.25, 0.3) is 0 Å². The molecule has 0 bridgehead atoms. The summed E-state index contributed by atoms with van der Waals surface area (Å²) in [5.74, 6) is 0.258. The molecule has 1 aliphatic rings. The first kappa shape index (κ1) is 14.3. The van der Waals surface area contributed by atoms with Crippen LogP contribution in [-0.4, -0.2) is 33.2 Å². The van der Waals surface area contributed by atoms with E-state index in [9.17, 15) is 4.79 Å². The predicted octanol–water partition coefficient (Wildman–Crippen LogP) is 2.88. The largest absolute Gasteiger partial charge is 0.338 e. The van der Waals surface area contributed by atoms with E-state index in [0.29, 0.717) is 6.42 Å². The highest BCUT2D eigenvalue weighted by molar-refractivity contribution is 7.12. The summed E-state index contributed by atoms with van der Waals surface area (Å²) < 4.78 is 1.94. The molecular weight excluding hydrogens is 282 g/mol. The predicted molar refractivity (Wildman–Crippen MR) is 84.3 cm³/mol. The van der Waals surface area contributed by atoms with Crippen molar-refractivity contribution >= 4 is 17.2 Å². The van der Waals surface area contributed by atoms with Gasteiger partial charge in [-0.05, 0) is 44.4 Å². The van der Waals surface area contributed by atoms with E-state index < -0.39 is 0 Å². The third-order valence-corrected chi connectivity index (χ3v) is 5.03. The van der Waals surface area contributed by atoms with Gasteiger partial charge in [0.1, 0.15) is 0 Å². The minimum Gasteiger partial charge on any atom is -0.338 e. The summed E-state index contributed by atoms with van der Waals surface area (Å²) in [7, 11) is 0. The lowest BCUT2D eigenvalue weighted by Gasteiger charge is -2.35. The highest BCUT2D eigenvalue weighted by Crippen LogP contribution is 2.22. The van der Waals surface area contributed by atoms with Crippen LogP contribution in [0, 0.1) is 6.92 Å². The molecule has 1 atom stereocenters. The molecule has 2 aromatic rings. The Bertz CT molecular complexity index is 590. The van der Waals surface area contributed by atoms with E-state index in [1.165, 1.54) is 16.2 Å². The van der Waals surface area contributed by atoms with Gasteiger partial charge in [-0.25, -0.2) is 0 Å². The summed E-state index contributed by atoms with van der Waals surface area (Å²) in [6, 6.07) is 6.38. The average Bonchev–Trinajstić information content (AvgIpc) is 3.11. The number of hydrogen-bond donors (Lipinski definition) is 0. The second-order valence-electron chi connectivity index (χ2n) is 5.65. The number of nitrogens with zero attached hydrogens (tertiary/aromatic N) is 3. The lowest BCUT2D eigenvalue weighted by molar-refractivity contribution is -0.134. The minimum atomic E-state index is 0.258. The third-order valence-electron chi connectivity index (χ3n) is 4.03. The summed E-state index contributed by atoms with van der Waals surface area (Å²) in [4.78, 5) is 17.1. The van der Waals surface area contributed by atoms with Gasteiger partial charge in [-0.15, -0.1) is 11.3 Å².